The van der Waals surface area contributed by atoms with Gasteiger partial charge in [-0.05, 0) is 124 Å². The van der Waals surface area contributed by atoms with E-state index in [1.807, 2.05) is 6.07 Å². The molecule has 7 nitrogen and oxygen atoms in total. The zero-order valence-corrected chi connectivity index (χ0v) is 40.9. The molecule has 0 saturated heterocycles. The van der Waals surface area contributed by atoms with Crippen molar-refractivity contribution in [1.82, 2.24) is 29.7 Å². The maximum atomic E-state index is 5.20. The molecule has 15 rings (SSSR count). The van der Waals surface area contributed by atoms with Crippen molar-refractivity contribution in [3.8, 4) is 33.6 Å². The van der Waals surface area contributed by atoms with E-state index < -0.39 is 0 Å². The molecule has 2 unspecified atom stereocenters. The predicted octanol–water partition coefficient (Wildman–Crippen LogP) is 15.3. The molecular formula is C68H49N7. The number of rotatable bonds is 8. The van der Waals surface area contributed by atoms with Crippen LogP contribution in [0.5, 0.6) is 0 Å². The van der Waals surface area contributed by atoms with Gasteiger partial charge in [0, 0.05) is 55.8 Å². The number of nitrogens with one attached hydrogen (secondary N) is 3. The van der Waals surface area contributed by atoms with E-state index in [9.17, 15) is 0 Å². The SMILES string of the molecule is C1=C(C2NC(c3ccccc3)=NC(c3ccccc3)N2)C=C(n2c3ccc(-c4ccc5c(c4)c4ccccc4n5-c4ccccc4)cc3c3cc(-c4ccc5c(c4)c4ccccc4n5-c4ccccc4)ccc32)NC1. The van der Waals surface area contributed by atoms with Crippen LogP contribution in [0.2, 0.25) is 0 Å². The number of fused-ring (bicyclic) bond motifs is 9. The first-order valence-corrected chi connectivity index (χ1v) is 25.8. The second-order valence-electron chi connectivity index (χ2n) is 19.7. The summed E-state index contributed by atoms with van der Waals surface area (Å²) in [5.74, 6) is 1.88. The molecule has 10 aromatic carbocycles. The van der Waals surface area contributed by atoms with Crippen LogP contribution < -0.4 is 16.0 Å². The van der Waals surface area contributed by atoms with Crippen molar-refractivity contribution in [3.05, 3.63) is 272 Å². The minimum absolute atomic E-state index is 0.197. The van der Waals surface area contributed by atoms with E-state index in [4.69, 9.17) is 4.99 Å². The number of aliphatic imine (C=N–C) groups is 1. The van der Waals surface area contributed by atoms with Crippen LogP contribution >= 0.6 is 0 Å². The summed E-state index contributed by atoms with van der Waals surface area (Å²) in [6, 6.07) is 87.8. The third kappa shape index (κ3) is 7.19. The normalized spacial score (nSPS) is 15.8. The van der Waals surface area contributed by atoms with E-state index in [2.05, 4.69) is 278 Å². The van der Waals surface area contributed by atoms with E-state index in [1.54, 1.807) is 0 Å². The standard InChI is InChI=1S/C68H49N7/c1-5-17-44(18-6-1)66-70-67(45-19-7-2-8-20-45)72-68(71-66)50-37-38-69-65(43-50)75-63-35-31-48(46-29-33-61-55(39-46)53-25-13-15-27-59(53)73(61)51-21-9-3-10-22-51)41-57(63)58-42-49(32-36-64(58)75)47-30-34-62-56(40-47)54-26-14-16-28-60(54)74(62)52-23-11-4-12-24-52/h1-37,39-43,66,68-69,71H,38H2,(H,70,72). The number of para-hydroxylation sites is 4. The summed E-state index contributed by atoms with van der Waals surface area (Å²) in [5, 5.41) is 18.8. The minimum Gasteiger partial charge on any atom is -0.368 e. The van der Waals surface area contributed by atoms with Crippen molar-refractivity contribution >= 4 is 77.1 Å². The predicted molar refractivity (Wildman–Crippen MR) is 312 cm³/mol. The lowest BCUT2D eigenvalue weighted by Crippen LogP contribution is -2.52. The molecule has 0 aliphatic carbocycles. The second-order valence-corrected chi connectivity index (χ2v) is 19.7. The number of amidine groups is 1. The van der Waals surface area contributed by atoms with Crippen LogP contribution in [0.15, 0.2) is 265 Å². The summed E-state index contributed by atoms with van der Waals surface area (Å²) in [6.45, 7) is 0.666. The lowest BCUT2D eigenvalue weighted by atomic mass is 9.98. The quantitative estimate of drug-likeness (QED) is 0.142. The first kappa shape index (κ1) is 42.9. The fraction of sp³-hybridized carbons (Fsp3) is 0.0441. The molecule has 7 heteroatoms. The molecule has 0 radical (unpaired) electrons. The molecule has 2 atom stereocenters. The van der Waals surface area contributed by atoms with Crippen LogP contribution in [0.1, 0.15) is 17.3 Å². The Morgan fingerprint density at radius 3 is 1.29 bits per heavy atom. The van der Waals surface area contributed by atoms with Crippen LogP contribution in [0.3, 0.4) is 0 Å². The summed E-state index contributed by atoms with van der Waals surface area (Å²) in [7, 11) is 0. The molecule has 13 aromatic rings. The van der Waals surface area contributed by atoms with Gasteiger partial charge in [-0.1, -0.05) is 164 Å². The Labute approximate surface area is 433 Å². The Kier molecular flexibility index (Phi) is 10.0. The maximum absolute atomic E-state index is 5.20. The highest BCUT2D eigenvalue weighted by atomic mass is 15.3. The number of dihydropyridines is 1. The second kappa shape index (κ2) is 17.5. The van der Waals surface area contributed by atoms with Gasteiger partial charge in [-0.2, -0.15) is 0 Å². The van der Waals surface area contributed by atoms with Crippen LogP contribution in [0, 0.1) is 0 Å². The largest absolute Gasteiger partial charge is 0.368 e. The molecule has 0 amide bonds. The Morgan fingerprint density at radius 2 is 0.787 bits per heavy atom. The zero-order chi connectivity index (χ0) is 49.4. The van der Waals surface area contributed by atoms with Gasteiger partial charge in [-0.15, -0.1) is 0 Å². The number of hydrogen-bond donors (Lipinski definition) is 3. The van der Waals surface area contributed by atoms with Gasteiger partial charge in [0.05, 0.1) is 33.1 Å². The van der Waals surface area contributed by atoms with Gasteiger partial charge in [-0.25, -0.2) is 4.99 Å². The van der Waals surface area contributed by atoms with Gasteiger partial charge in [-0.3, -0.25) is 9.88 Å². The summed E-state index contributed by atoms with van der Waals surface area (Å²) < 4.78 is 7.18. The average Bonchev–Trinajstić information content (AvgIpc) is 4.14. The van der Waals surface area contributed by atoms with Gasteiger partial charge >= 0.3 is 0 Å². The zero-order valence-electron chi connectivity index (χ0n) is 40.9. The summed E-state index contributed by atoms with van der Waals surface area (Å²) in [4.78, 5) is 5.20. The molecule has 75 heavy (non-hydrogen) atoms. The molecule has 0 fully saturated rings. The van der Waals surface area contributed by atoms with Crippen LogP contribution in [-0.4, -0.2) is 32.2 Å². The first-order chi connectivity index (χ1) is 37.2. The van der Waals surface area contributed by atoms with E-state index in [0.29, 0.717) is 6.54 Å². The molecule has 3 N–H and O–H groups in total. The fourth-order valence-corrected chi connectivity index (χ4v) is 11.8. The van der Waals surface area contributed by atoms with Crippen molar-refractivity contribution in [2.24, 2.45) is 4.99 Å². The van der Waals surface area contributed by atoms with Crippen molar-refractivity contribution in [1.29, 1.82) is 0 Å². The smallest absolute Gasteiger partial charge is 0.131 e. The van der Waals surface area contributed by atoms with E-state index in [0.717, 1.165) is 50.8 Å². The van der Waals surface area contributed by atoms with Gasteiger partial charge in [0.2, 0.25) is 0 Å². The van der Waals surface area contributed by atoms with E-state index in [-0.39, 0.29) is 12.3 Å². The Bertz CT molecular complexity index is 4250. The van der Waals surface area contributed by atoms with Crippen LogP contribution in [0.4, 0.5) is 0 Å². The molecule has 356 valence electrons. The molecule has 3 aromatic heterocycles. The molecule has 2 aliphatic heterocycles. The summed E-state index contributed by atoms with van der Waals surface area (Å²) in [5.41, 5.74) is 17.4. The van der Waals surface area contributed by atoms with Crippen molar-refractivity contribution in [2.75, 3.05) is 6.54 Å². The topological polar surface area (TPSA) is 63.2 Å². The Morgan fingerprint density at radius 1 is 0.373 bits per heavy atom. The molecule has 0 bridgehead atoms. The average molecular weight is 964 g/mol. The van der Waals surface area contributed by atoms with Crippen molar-refractivity contribution < 1.29 is 0 Å². The van der Waals surface area contributed by atoms with Gasteiger partial charge < -0.3 is 19.8 Å². The molecule has 2 aliphatic rings. The van der Waals surface area contributed by atoms with E-state index in [1.165, 1.54) is 76.6 Å². The molecule has 0 saturated carbocycles. The number of benzene rings is 10. The van der Waals surface area contributed by atoms with Gasteiger partial charge in [0.15, 0.2) is 0 Å². The number of nitrogens with zero attached hydrogens (tertiary/aromatic N) is 4. The maximum Gasteiger partial charge on any atom is 0.131 e. The molecule has 5 heterocycles. The lowest BCUT2D eigenvalue weighted by molar-refractivity contribution is 0.440. The number of aromatic nitrogens is 3. The third-order valence-electron chi connectivity index (χ3n) is 15.3. The third-order valence-corrected chi connectivity index (χ3v) is 15.3. The van der Waals surface area contributed by atoms with Crippen LogP contribution in [0.25, 0.3) is 105 Å². The summed E-state index contributed by atoms with van der Waals surface area (Å²) >= 11 is 0. The highest BCUT2D eigenvalue weighted by Crippen LogP contribution is 2.41. The molecule has 0 spiro atoms. The summed E-state index contributed by atoms with van der Waals surface area (Å²) in [6.07, 6.45) is 4.16. The van der Waals surface area contributed by atoms with Crippen molar-refractivity contribution in [2.45, 2.75) is 12.3 Å². The van der Waals surface area contributed by atoms with Crippen molar-refractivity contribution in [3.63, 3.8) is 0 Å². The van der Waals surface area contributed by atoms with Gasteiger partial charge in [0.25, 0.3) is 0 Å². The van der Waals surface area contributed by atoms with E-state index >= 15 is 0 Å². The van der Waals surface area contributed by atoms with Gasteiger partial charge in [0.1, 0.15) is 24.0 Å². The molecular weight excluding hydrogens is 915 g/mol. The Hall–Kier alpha value is -9.69. The minimum atomic E-state index is -0.228. The highest BCUT2D eigenvalue weighted by Gasteiger charge is 2.28. The fourth-order valence-electron chi connectivity index (χ4n) is 11.8. The highest BCUT2D eigenvalue weighted by molar-refractivity contribution is 6.15. The number of hydrogen-bond acceptors (Lipinski definition) is 4. The monoisotopic (exact) mass is 963 g/mol. The lowest BCUT2D eigenvalue weighted by Gasteiger charge is -2.34. The first-order valence-electron chi connectivity index (χ1n) is 25.8. The Balaban J connectivity index is 0.888. The van der Waals surface area contributed by atoms with Crippen LogP contribution in [-0.2, 0) is 0 Å².